The van der Waals surface area contributed by atoms with E-state index < -0.39 is 0 Å². The Balaban J connectivity index is 1.36. The average molecular weight is 417 g/mol. The predicted octanol–water partition coefficient (Wildman–Crippen LogP) is 5.23. The third-order valence-corrected chi connectivity index (χ3v) is 6.50. The quantitative estimate of drug-likeness (QED) is 0.534. The zero-order valence-electron chi connectivity index (χ0n) is 15.6. The van der Waals surface area contributed by atoms with E-state index >= 15 is 0 Å². The van der Waals surface area contributed by atoms with Crippen LogP contribution in [0.4, 0.5) is 4.39 Å². The lowest BCUT2D eigenvalue weighted by molar-refractivity contribution is 0.0595. The molecule has 0 aliphatic carbocycles. The molecule has 0 atom stereocenters. The molecule has 0 bridgehead atoms. The Labute approximate surface area is 171 Å². The van der Waals surface area contributed by atoms with Crippen molar-refractivity contribution in [1.29, 1.82) is 0 Å². The molecule has 0 unspecified atom stereocenters. The van der Waals surface area contributed by atoms with Gasteiger partial charge in [-0.2, -0.15) is 0 Å². The molecule has 1 aliphatic rings. The summed E-state index contributed by atoms with van der Waals surface area (Å²) in [5, 5.41) is 0.565. The number of likely N-dealkylation sites (tertiary alicyclic amines) is 1. The van der Waals surface area contributed by atoms with E-state index in [4.69, 9.17) is 4.74 Å². The SMILES string of the molecule is CCSc1cccc(C(=O)N2CCC(Oc3nc4ccc(F)cc4s3)CC2)c1. The fourth-order valence-electron chi connectivity index (χ4n) is 3.32. The van der Waals surface area contributed by atoms with Crippen molar-refractivity contribution in [3.63, 3.8) is 0 Å². The van der Waals surface area contributed by atoms with Crippen LogP contribution in [0.2, 0.25) is 0 Å². The first-order valence-corrected chi connectivity index (χ1v) is 11.2. The van der Waals surface area contributed by atoms with E-state index in [1.54, 1.807) is 17.8 Å². The predicted molar refractivity (Wildman–Crippen MR) is 112 cm³/mol. The molecule has 7 heteroatoms. The second-order valence-electron chi connectivity index (χ2n) is 6.66. The molecular formula is C21H21FN2O2S2. The van der Waals surface area contributed by atoms with Gasteiger partial charge in [0.15, 0.2) is 0 Å². The fraction of sp³-hybridized carbons (Fsp3) is 0.333. The number of benzene rings is 2. The highest BCUT2D eigenvalue weighted by atomic mass is 32.2. The van der Waals surface area contributed by atoms with Gasteiger partial charge in [-0.3, -0.25) is 4.79 Å². The molecule has 0 saturated carbocycles. The van der Waals surface area contributed by atoms with Crippen LogP contribution < -0.4 is 4.74 Å². The Bertz CT molecular complexity index is 983. The third kappa shape index (κ3) is 4.31. The van der Waals surface area contributed by atoms with Crippen molar-refractivity contribution < 1.29 is 13.9 Å². The van der Waals surface area contributed by atoms with Gasteiger partial charge in [0.2, 0.25) is 0 Å². The Hall–Kier alpha value is -2.12. The molecule has 1 aliphatic heterocycles. The molecule has 1 fully saturated rings. The van der Waals surface area contributed by atoms with Crippen LogP contribution in [0.25, 0.3) is 10.2 Å². The maximum Gasteiger partial charge on any atom is 0.274 e. The van der Waals surface area contributed by atoms with E-state index in [1.165, 1.54) is 23.5 Å². The number of piperidine rings is 1. The van der Waals surface area contributed by atoms with Gasteiger partial charge in [-0.1, -0.05) is 24.3 Å². The van der Waals surface area contributed by atoms with Gasteiger partial charge in [0.25, 0.3) is 11.1 Å². The number of aromatic nitrogens is 1. The van der Waals surface area contributed by atoms with Crippen molar-refractivity contribution in [1.82, 2.24) is 9.88 Å². The number of halogens is 1. The third-order valence-electron chi connectivity index (χ3n) is 4.72. The lowest BCUT2D eigenvalue weighted by atomic mass is 10.1. The summed E-state index contributed by atoms with van der Waals surface area (Å²) in [6.45, 7) is 3.42. The molecule has 4 rings (SSSR count). The first-order chi connectivity index (χ1) is 13.6. The number of carbonyl (C=O) groups excluding carboxylic acids is 1. The summed E-state index contributed by atoms with van der Waals surface area (Å²) < 4.78 is 20.1. The van der Waals surface area contributed by atoms with Crippen molar-refractivity contribution in [3.8, 4) is 5.19 Å². The number of amides is 1. The summed E-state index contributed by atoms with van der Waals surface area (Å²) in [6, 6.07) is 12.4. The lowest BCUT2D eigenvalue weighted by Crippen LogP contribution is -2.41. The van der Waals surface area contributed by atoms with Crippen LogP contribution in [0.1, 0.15) is 30.1 Å². The van der Waals surface area contributed by atoms with E-state index in [0.717, 1.165) is 39.3 Å². The Kier molecular flexibility index (Phi) is 5.82. The molecule has 0 spiro atoms. The van der Waals surface area contributed by atoms with E-state index in [-0.39, 0.29) is 17.8 Å². The van der Waals surface area contributed by atoms with Gasteiger partial charge in [0.1, 0.15) is 11.9 Å². The van der Waals surface area contributed by atoms with Crippen LogP contribution in [-0.4, -0.2) is 40.7 Å². The van der Waals surface area contributed by atoms with Crippen molar-refractivity contribution >= 4 is 39.2 Å². The van der Waals surface area contributed by atoms with Gasteiger partial charge in [0, 0.05) is 36.4 Å². The second kappa shape index (κ2) is 8.49. The van der Waals surface area contributed by atoms with Crippen molar-refractivity contribution in [2.24, 2.45) is 0 Å². The highest BCUT2D eigenvalue weighted by Crippen LogP contribution is 2.30. The zero-order chi connectivity index (χ0) is 19.5. The number of hydrogen-bond donors (Lipinski definition) is 0. The van der Waals surface area contributed by atoms with Gasteiger partial charge in [-0.15, -0.1) is 11.8 Å². The summed E-state index contributed by atoms with van der Waals surface area (Å²) in [7, 11) is 0. The summed E-state index contributed by atoms with van der Waals surface area (Å²) in [5.41, 5.74) is 1.49. The van der Waals surface area contributed by atoms with Crippen LogP contribution in [-0.2, 0) is 0 Å². The maximum atomic E-state index is 13.3. The van der Waals surface area contributed by atoms with Gasteiger partial charge in [-0.05, 0) is 42.2 Å². The van der Waals surface area contributed by atoms with E-state index in [1.807, 2.05) is 29.2 Å². The lowest BCUT2D eigenvalue weighted by Gasteiger charge is -2.31. The van der Waals surface area contributed by atoms with Crippen LogP contribution in [0.15, 0.2) is 47.4 Å². The molecule has 0 N–H and O–H groups in total. The number of thiazole rings is 1. The number of fused-ring (bicyclic) bond motifs is 1. The first kappa shape index (κ1) is 19.2. The molecule has 28 heavy (non-hydrogen) atoms. The molecule has 0 radical (unpaired) electrons. The Morgan fingerprint density at radius 1 is 1.29 bits per heavy atom. The minimum atomic E-state index is -0.268. The molecule has 4 nitrogen and oxygen atoms in total. The van der Waals surface area contributed by atoms with Crippen LogP contribution >= 0.6 is 23.1 Å². The van der Waals surface area contributed by atoms with Gasteiger partial charge >= 0.3 is 0 Å². The number of ether oxygens (including phenoxy) is 1. The largest absolute Gasteiger partial charge is 0.467 e. The van der Waals surface area contributed by atoms with Gasteiger partial charge < -0.3 is 9.64 Å². The van der Waals surface area contributed by atoms with Crippen molar-refractivity contribution in [2.45, 2.75) is 30.8 Å². The molecule has 146 valence electrons. The average Bonchev–Trinajstić information content (AvgIpc) is 3.10. The number of rotatable bonds is 5. The summed E-state index contributed by atoms with van der Waals surface area (Å²) in [5.74, 6) is 0.794. The molecule has 3 aromatic rings. The second-order valence-corrected chi connectivity index (χ2v) is 8.99. The topological polar surface area (TPSA) is 42.4 Å². The van der Waals surface area contributed by atoms with Crippen molar-refractivity contribution in [2.75, 3.05) is 18.8 Å². The molecule has 1 amide bonds. The van der Waals surface area contributed by atoms with Gasteiger partial charge in [0.05, 0.1) is 10.2 Å². The number of thioether (sulfide) groups is 1. The van der Waals surface area contributed by atoms with Crippen LogP contribution in [0.5, 0.6) is 5.19 Å². The fourth-order valence-corrected chi connectivity index (χ4v) is 4.94. The highest BCUT2D eigenvalue weighted by Gasteiger charge is 2.25. The molecule has 1 saturated heterocycles. The monoisotopic (exact) mass is 416 g/mol. The summed E-state index contributed by atoms with van der Waals surface area (Å²) in [4.78, 5) is 20.2. The summed E-state index contributed by atoms with van der Waals surface area (Å²) in [6.07, 6.45) is 1.55. The zero-order valence-corrected chi connectivity index (χ0v) is 17.2. The number of hydrogen-bond acceptors (Lipinski definition) is 5. The van der Waals surface area contributed by atoms with Gasteiger partial charge in [-0.25, -0.2) is 9.37 Å². The minimum Gasteiger partial charge on any atom is -0.467 e. The molecule has 1 aromatic heterocycles. The Morgan fingerprint density at radius 2 is 2.11 bits per heavy atom. The van der Waals surface area contributed by atoms with E-state index in [2.05, 4.69) is 11.9 Å². The Morgan fingerprint density at radius 3 is 2.89 bits per heavy atom. The number of nitrogens with zero attached hydrogens (tertiary/aromatic N) is 2. The van der Waals surface area contributed by atoms with Crippen LogP contribution in [0.3, 0.4) is 0 Å². The number of carbonyl (C=O) groups is 1. The minimum absolute atomic E-state index is 0.0245. The summed E-state index contributed by atoms with van der Waals surface area (Å²) >= 11 is 3.10. The highest BCUT2D eigenvalue weighted by molar-refractivity contribution is 7.99. The molecule has 2 aromatic carbocycles. The smallest absolute Gasteiger partial charge is 0.274 e. The normalized spacial score (nSPS) is 15.1. The van der Waals surface area contributed by atoms with Crippen molar-refractivity contribution in [3.05, 3.63) is 53.8 Å². The van der Waals surface area contributed by atoms with Crippen LogP contribution in [0, 0.1) is 5.82 Å². The van der Waals surface area contributed by atoms with E-state index in [0.29, 0.717) is 18.3 Å². The maximum absolute atomic E-state index is 13.3. The molecular weight excluding hydrogens is 395 g/mol. The molecule has 2 heterocycles. The van der Waals surface area contributed by atoms with E-state index in [9.17, 15) is 9.18 Å². The standard InChI is InChI=1S/C21H21FN2O2S2/c1-2-27-17-5-3-4-14(12-17)20(25)24-10-8-16(9-11-24)26-21-23-18-7-6-15(22)13-19(18)28-21/h3-7,12-13,16H,2,8-11H2,1H3. The first-order valence-electron chi connectivity index (χ1n) is 9.37.